The molecular formula is C49H104N4O18Si2. The summed E-state index contributed by atoms with van der Waals surface area (Å²) in [6.07, 6.45) is 7.08. The van der Waals surface area contributed by atoms with Crippen molar-refractivity contribution in [1.29, 1.82) is 0 Å². The number of aliphatic hydroxyl groups is 2. The van der Waals surface area contributed by atoms with Crippen LogP contribution in [0.1, 0.15) is 115 Å². The number of alkyl carbamates (subject to hydrolysis) is 2. The number of aliphatic hydroxyl groups excluding tert-OH is 2. The Morgan fingerprint density at radius 3 is 1.26 bits per heavy atom. The zero-order chi connectivity index (χ0) is 53.3. The number of aliphatic imine (C=N–C) groups is 2. The minimum Gasteiger partial charge on any atom is -0.449 e. The fourth-order valence-corrected chi connectivity index (χ4v) is 13.1. The van der Waals surface area contributed by atoms with Gasteiger partial charge in [0.25, 0.3) is 0 Å². The van der Waals surface area contributed by atoms with Gasteiger partial charge in [0.05, 0.1) is 86.1 Å². The van der Waals surface area contributed by atoms with Gasteiger partial charge in [-0.2, -0.15) is 0 Å². The van der Waals surface area contributed by atoms with Gasteiger partial charge in [0.1, 0.15) is 13.2 Å². The van der Waals surface area contributed by atoms with E-state index in [4.69, 9.17) is 56.7 Å². The normalized spacial score (nSPS) is 16.4. The molecule has 436 valence electrons. The van der Waals surface area contributed by atoms with Gasteiger partial charge in [0.15, 0.2) is 0 Å². The number of ether oxygens (including phenoxy) is 6. The number of hydrogen-bond acceptors (Lipinski definition) is 17. The maximum absolute atomic E-state index is 11.8. The molecule has 2 amide bonds. The van der Waals surface area contributed by atoms with Gasteiger partial charge in [-0.15, -0.1) is 0 Å². The first-order valence-corrected chi connectivity index (χ1v) is 30.6. The van der Waals surface area contributed by atoms with E-state index in [9.17, 15) is 14.4 Å². The van der Waals surface area contributed by atoms with Crippen molar-refractivity contribution in [3.05, 3.63) is 0 Å². The second-order valence-electron chi connectivity index (χ2n) is 18.6. The molecule has 0 radical (unpaired) electrons. The molecule has 0 aromatic rings. The standard InChI is InChI=1S/C16H33NO6Si.C10H21NOSi.C8H15NO3.2C6H12O2.C3H5NO.3H2O/c1-5-16(12-19-13-16)14-20-15(18)17-10-9-11-24(21-6-2,22-7-3)23-8-4;1-4-13(5-2,6-3)9-7-8-11-10-12;1-3-9-7(10)12-6-8(2)4-11-5-8;2*1-2-6(3-7)4-8-5-6;1-2-4-3-5;;;/h5-14H2,1-4H3,(H,17,18);4-9H2,1-3H3;3-6H2,1-2H3,(H,9,10);2*7H,2-5H2,1H3;2H2,1H3;3*1H2. The molecule has 0 bridgehead atoms. The number of carbonyl (C=O) groups is 2. The molecule has 0 unspecified atom stereocenters. The number of isocyanates is 2. The third-order valence-electron chi connectivity index (χ3n) is 13.2. The van der Waals surface area contributed by atoms with E-state index in [0.717, 1.165) is 58.5 Å². The lowest BCUT2D eigenvalue weighted by atomic mass is 9.84. The molecule has 22 nitrogen and oxygen atoms in total. The van der Waals surface area contributed by atoms with E-state index in [1.54, 1.807) is 13.0 Å². The monoisotopic (exact) mass is 1090 g/mol. The first-order chi connectivity index (χ1) is 33.5. The van der Waals surface area contributed by atoms with Gasteiger partial charge in [-0.05, 0) is 66.7 Å². The lowest BCUT2D eigenvalue weighted by Gasteiger charge is -2.39. The van der Waals surface area contributed by atoms with Crippen molar-refractivity contribution >= 4 is 41.2 Å². The number of hydrogen-bond donors (Lipinski definition) is 4. The number of nitrogens with zero attached hydrogens (tertiary/aromatic N) is 2. The lowest BCUT2D eigenvalue weighted by molar-refractivity contribution is -0.138. The molecule has 4 fully saturated rings. The molecule has 0 aromatic carbocycles. The van der Waals surface area contributed by atoms with Gasteiger partial charge < -0.3 is 79.0 Å². The van der Waals surface area contributed by atoms with E-state index in [-0.39, 0.29) is 63.5 Å². The Kier molecular flexibility index (Phi) is 50.5. The van der Waals surface area contributed by atoms with Crippen LogP contribution in [0.3, 0.4) is 0 Å². The van der Waals surface area contributed by atoms with Crippen LogP contribution in [-0.2, 0) is 51.3 Å². The third-order valence-corrected chi connectivity index (χ3v) is 22.3. The first-order valence-electron chi connectivity index (χ1n) is 25.9. The van der Waals surface area contributed by atoms with Crippen LogP contribution in [0, 0.1) is 21.7 Å². The molecule has 0 aromatic heterocycles. The highest BCUT2D eigenvalue weighted by molar-refractivity contribution is 6.79. The van der Waals surface area contributed by atoms with Crippen LogP contribution in [0.4, 0.5) is 9.59 Å². The largest absolute Gasteiger partial charge is 0.500 e. The summed E-state index contributed by atoms with van der Waals surface area (Å²) in [5.41, 5.74) is 0.337. The molecule has 4 saturated heterocycles. The summed E-state index contributed by atoms with van der Waals surface area (Å²) in [4.78, 5) is 48.4. The van der Waals surface area contributed by atoms with E-state index >= 15 is 0 Å². The van der Waals surface area contributed by atoms with Gasteiger partial charge in [0, 0.05) is 61.7 Å². The van der Waals surface area contributed by atoms with Crippen LogP contribution in [0.15, 0.2) is 9.98 Å². The molecule has 4 aliphatic rings. The molecule has 0 spiro atoms. The highest BCUT2D eigenvalue weighted by Crippen LogP contribution is 2.32. The molecule has 24 heteroatoms. The summed E-state index contributed by atoms with van der Waals surface area (Å²) in [6.45, 7) is 35.8. The van der Waals surface area contributed by atoms with Gasteiger partial charge in [-0.3, -0.25) is 0 Å². The SMILES string of the molecule is CCC1(CO)COC1.CCC1(CO)COC1.CCN=C=O.CCNC(=O)OCC1(C)COC1.CCO[Si](CCCNC(=O)OCC1(CC)COC1)(OCC)OCC.CC[Si](CC)(CC)CCCN=C=O.O.O.O. The van der Waals surface area contributed by atoms with Crippen molar-refractivity contribution in [3.8, 4) is 0 Å². The Labute approximate surface area is 440 Å². The number of rotatable bonds is 28. The summed E-state index contributed by atoms with van der Waals surface area (Å²) in [5, 5.41) is 22.9. The van der Waals surface area contributed by atoms with Crippen LogP contribution in [0.2, 0.25) is 30.2 Å². The highest BCUT2D eigenvalue weighted by Gasteiger charge is 2.41. The van der Waals surface area contributed by atoms with Crippen molar-refractivity contribution in [2.75, 3.05) is 125 Å². The second kappa shape index (κ2) is 46.5. The highest BCUT2D eigenvalue weighted by atomic mass is 28.4. The summed E-state index contributed by atoms with van der Waals surface area (Å²) >= 11 is 0. The van der Waals surface area contributed by atoms with Crippen molar-refractivity contribution in [1.82, 2.24) is 10.6 Å². The van der Waals surface area contributed by atoms with E-state index in [0.29, 0.717) is 91.7 Å². The predicted octanol–water partition coefficient (Wildman–Crippen LogP) is 5.25. The molecule has 0 aliphatic carbocycles. The Balaban J connectivity index is -0.000000270. The minimum atomic E-state index is -2.63. The van der Waals surface area contributed by atoms with Crippen molar-refractivity contribution in [2.45, 2.75) is 145 Å². The Bertz CT molecular complexity index is 1350. The number of nitrogens with one attached hydrogen (secondary N) is 2. The third kappa shape index (κ3) is 33.1. The smallest absolute Gasteiger partial charge is 0.449 e. The van der Waals surface area contributed by atoms with Crippen LogP contribution in [-0.4, -0.2) is 193 Å². The van der Waals surface area contributed by atoms with Gasteiger partial charge >= 0.3 is 21.0 Å². The maximum Gasteiger partial charge on any atom is 0.500 e. The Morgan fingerprint density at radius 2 is 0.986 bits per heavy atom. The van der Waals surface area contributed by atoms with Crippen LogP contribution >= 0.6 is 0 Å². The van der Waals surface area contributed by atoms with Crippen molar-refractivity contribution in [2.24, 2.45) is 31.6 Å². The zero-order valence-electron chi connectivity index (χ0n) is 47.1. The van der Waals surface area contributed by atoms with Crippen molar-refractivity contribution in [3.63, 3.8) is 0 Å². The van der Waals surface area contributed by atoms with Crippen molar-refractivity contribution < 1.29 is 87.5 Å². The summed E-state index contributed by atoms with van der Waals surface area (Å²) < 4.78 is 47.8. The fourth-order valence-electron chi connectivity index (χ4n) is 7.04. The topological polar surface area (TPSA) is 335 Å². The van der Waals surface area contributed by atoms with Crippen LogP contribution in [0.25, 0.3) is 0 Å². The summed E-state index contributed by atoms with van der Waals surface area (Å²) in [7, 11) is -3.58. The van der Waals surface area contributed by atoms with Gasteiger partial charge in [-0.1, -0.05) is 72.6 Å². The quantitative estimate of drug-likeness (QED) is 0.0337. The molecule has 4 aliphatic heterocycles. The average Bonchev–Trinajstić information content (AvgIpc) is 3.31. The molecule has 4 rings (SSSR count). The molecular weight excluding hydrogens is 989 g/mol. The van der Waals surface area contributed by atoms with Gasteiger partial charge in [0.2, 0.25) is 12.2 Å². The summed E-state index contributed by atoms with van der Waals surface area (Å²) in [5.74, 6) is 0. The minimum absolute atomic E-state index is 0. The average molecular weight is 1090 g/mol. The second-order valence-corrected chi connectivity index (χ2v) is 26.9. The molecule has 10 N–H and O–H groups in total. The maximum atomic E-state index is 11.8. The van der Waals surface area contributed by atoms with E-state index in [1.165, 1.54) is 30.3 Å². The van der Waals surface area contributed by atoms with E-state index in [1.807, 2.05) is 34.6 Å². The first kappa shape index (κ1) is 79.1. The van der Waals surface area contributed by atoms with E-state index < -0.39 is 16.9 Å². The molecule has 4 heterocycles. The zero-order valence-corrected chi connectivity index (χ0v) is 49.1. The fraction of sp³-hybridized carbons (Fsp3) is 0.918. The van der Waals surface area contributed by atoms with Gasteiger partial charge in [-0.25, -0.2) is 29.2 Å². The Morgan fingerprint density at radius 1 is 0.575 bits per heavy atom. The number of amides is 2. The number of carbonyl (C=O) groups excluding carboxylic acids is 4. The summed E-state index contributed by atoms with van der Waals surface area (Å²) in [6, 6.07) is 6.09. The van der Waals surface area contributed by atoms with Crippen LogP contribution < -0.4 is 10.6 Å². The lowest BCUT2D eigenvalue weighted by Crippen LogP contribution is -2.47. The molecule has 73 heavy (non-hydrogen) atoms. The molecule has 0 saturated carbocycles. The molecule has 0 atom stereocenters. The predicted molar refractivity (Wildman–Crippen MR) is 287 cm³/mol. The van der Waals surface area contributed by atoms with E-state index in [2.05, 4.69) is 62.2 Å². The van der Waals surface area contributed by atoms with Crippen LogP contribution in [0.5, 0.6) is 0 Å². The Hall–Kier alpha value is -2.75.